The minimum atomic E-state index is 0.132. The first-order valence-corrected chi connectivity index (χ1v) is 15.7. The first-order chi connectivity index (χ1) is 17.6. The molecular weight excluding hydrogens is 647 g/mol. The molecule has 1 heterocycles. The number of benzene rings is 2. The fraction of sp³-hybridized carbons (Fsp3) is 0.448. The van der Waals surface area contributed by atoms with Crippen LogP contribution in [0.3, 0.4) is 0 Å². The summed E-state index contributed by atoms with van der Waals surface area (Å²) in [6.07, 6.45) is 14.0. The number of halogens is 2. The molecule has 0 aromatic heterocycles. The molecular formula is C29H32BrIN2O2S. The Bertz CT molecular complexity index is 1140. The van der Waals surface area contributed by atoms with Gasteiger partial charge in [0, 0.05) is 10.5 Å². The van der Waals surface area contributed by atoms with Gasteiger partial charge in [0.1, 0.15) is 12.4 Å². The second-order valence-corrected chi connectivity index (χ2v) is 13.0. The van der Waals surface area contributed by atoms with Crippen LogP contribution in [0.15, 0.2) is 56.8 Å². The minimum Gasteiger partial charge on any atom is -0.488 e. The Morgan fingerprint density at radius 1 is 1.00 bits per heavy atom. The summed E-state index contributed by atoms with van der Waals surface area (Å²) in [4.78, 5) is 21.6. The number of amidine groups is 1. The maximum atomic E-state index is 13.6. The summed E-state index contributed by atoms with van der Waals surface area (Å²) in [6.45, 7) is 0.523. The van der Waals surface area contributed by atoms with E-state index in [4.69, 9.17) is 9.73 Å². The van der Waals surface area contributed by atoms with Gasteiger partial charge in [0.25, 0.3) is 5.91 Å². The van der Waals surface area contributed by atoms with Crippen molar-refractivity contribution in [2.24, 2.45) is 4.99 Å². The van der Waals surface area contributed by atoms with Gasteiger partial charge in [-0.15, -0.1) is 0 Å². The third-order valence-corrected chi connectivity index (χ3v) is 9.57. The number of aliphatic imine (C=N–C) groups is 1. The van der Waals surface area contributed by atoms with Crippen LogP contribution in [0.1, 0.15) is 75.3 Å². The molecule has 1 saturated heterocycles. The standard InChI is InChI=1S/C29H32BrIN2O2S/c30-22-14-11-20(12-15-22)19-35-26-16-13-21(17-25(26)31)18-27-28(34)33(24-9-5-2-6-10-24)29(36-27)32-23-7-3-1-4-8-23/h11-18,23-24H,1-10,19H2. The lowest BCUT2D eigenvalue weighted by atomic mass is 9.94. The zero-order chi connectivity index (χ0) is 24.9. The number of hydrogen-bond acceptors (Lipinski definition) is 4. The molecule has 1 aliphatic heterocycles. The largest absolute Gasteiger partial charge is 0.488 e. The van der Waals surface area contributed by atoms with Crippen LogP contribution in [-0.2, 0) is 11.4 Å². The van der Waals surface area contributed by atoms with E-state index >= 15 is 0 Å². The first kappa shape index (κ1) is 26.3. The number of hydrogen-bond donors (Lipinski definition) is 0. The lowest BCUT2D eigenvalue weighted by molar-refractivity contribution is -0.124. The van der Waals surface area contributed by atoms with Crippen molar-refractivity contribution in [3.05, 3.63) is 66.5 Å². The normalized spacial score (nSPS) is 22.1. The lowest BCUT2D eigenvalue weighted by Crippen LogP contribution is -2.41. The molecule has 5 rings (SSSR count). The maximum absolute atomic E-state index is 13.6. The van der Waals surface area contributed by atoms with E-state index in [1.807, 2.05) is 35.2 Å². The number of rotatable bonds is 6. The van der Waals surface area contributed by atoms with Crippen LogP contribution in [-0.4, -0.2) is 28.1 Å². The molecule has 2 aromatic carbocycles. The monoisotopic (exact) mass is 678 g/mol. The van der Waals surface area contributed by atoms with E-state index < -0.39 is 0 Å². The van der Waals surface area contributed by atoms with Gasteiger partial charge in [-0.05, 0) is 102 Å². The van der Waals surface area contributed by atoms with Crippen molar-refractivity contribution < 1.29 is 9.53 Å². The van der Waals surface area contributed by atoms with Gasteiger partial charge >= 0.3 is 0 Å². The van der Waals surface area contributed by atoms with E-state index in [0.717, 1.165) is 60.7 Å². The molecule has 7 heteroatoms. The molecule has 4 nitrogen and oxygen atoms in total. The molecule has 1 amide bonds. The predicted octanol–water partition coefficient (Wildman–Crippen LogP) is 8.57. The average Bonchev–Trinajstić information content (AvgIpc) is 3.19. The molecule has 0 atom stereocenters. The van der Waals surface area contributed by atoms with Crippen LogP contribution in [0.4, 0.5) is 0 Å². The Kier molecular flexibility index (Phi) is 9.12. The summed E-state index contributed by atoms with van der Waals surface area (Å²) >= 11 is 7.37. The van der Waals surface area contributed by atoms with E-state index in [9.17, 15) is 4.79 Å². The number of nitrogens with zero attached hydrogens (tertiary/aromatic N) is 2. The van der Waals surface area contributed by atoms with E-state index in [0.29, 0.717) is 18.7 Å². The Hall–Kier alpha value is -1.32. The van der Waals surface area contributed by atoms with Gasteiger partial charge in [0.15, 0.2) is 5.17 Å². The van der Waals surface area contributed by atoms with Crippen molar-refractivity contribution in [3.8, 4) is 5.75 Å². The Morgan fingerprint density at radius 3 is 2.39 bits per heavy atom. The Balaban J connectivity index is 1.33. The third kappa shape index (κ3) is 6.57. The smallest absolute Gasteiger partial charge is 0.266 e. The highest BCUT2D eigenvalue weighted by atomic mass is 127. The van der Waals surface area contributed by atoms with Gasteiger partial charge in [0.2, 0.25) is 0 Å². The van der Waals surface area contributed by atoms with Crippen molar-refractivity contribution in [2.75, 3.05) is 0 Å². The molecule has 2 saturated carbocycles. The van der Waals surface area contributed by atoms with Crippen molar-refractivity contribution >= 4 is 67.4 Å². The van der Waals surface area contributed by atoms with Crippen LogP contribution >= 0.6 is 50.3 Å². The maximum Gasteiger partial charge on any atom is 0.266 e. The molecule has 36 heavy (non-hydrogen) atoms. The van der Waals surface area contributed by atoms with Gasteiger partial charge in [-0.1, -0.05) is 72.7 Å². The van der Waals surface area contributed by atoms with E-state index in [-0.39, 0.29) is 5.91 Å². The Labute approximate surface area is 240 Å². The number of thioether (sulfide) groups is 1. The zero-order valence-corrected chi connectivity index (χ0v) is 25.0. The SMILES string of the molecule is O=C1C(=Cc2ccc(OCc3ccc(Br)cc3)c(I)c2)SC(=NC2CCCCC2)N1C1CCCCC1. The molecule has 190 valence electrons. The topological polar surface area (TPSA) is 41.9 Å². The molecule has 2 aromatic rings. The third-order valence-electron chi connectivity index (χ3n) is 7.21. The highest BCUT2D eigenvalue weighted by Crippen LogP contribution is 2.39. The summed E-state index contributed by atoms with van der Waals surface area (Å²) in [5.74, 6) is 0.987. The minimum absolute atomic E-state index is 0.132. The number of carbonyl (C=O) groups excluding carboxylic acids is 1. The summed E-state index contributed by atoms with van der Waals surface area (Å²) in [6, 6.07) is 15.0. The van der Waals surface area contributed by atoms with Gasteiger partial charge in [-0.2, -0.15) is 0 Å². The summed E-state index contributed by atoms with van der Waals surface area (Å²) in [7, 11) is 0. The van der Waals surface area contributed by atoms with E-state index in [1.165, 1.54) is 38.5 Å². The Morgan fingerprint density at radius 2 is 1.69 bits per heavy atom. The summed E-state index contributed by atoms with van der Waals surface area (Å²) < 4.78 is 8.16. The quantitative estimate of drug-likeness (QED) is 0.227. The number of carbonyl (C=O) groups is 1. The molecule has 3 aliphatic rings. The second-order valence-electron chi connectivity index (χ2n) is 9.89. The van der Waals surface area contributed by atoms with Crippen LogP contribution in [0.5, 0.6) is 5.75 Å². The summed E-state index contributed by atoms with van der Waals surface area (Å²) in [5.41, 5.74) is 2.15. The first-order valence-electron chi connectivity index (χ1n) is 13.0. The summed E-state index contributed by atoms with van der Waals surface area (Å²) in [5, 5.41) is 0.939. The fourth-order valence-corrected chi connectivity index (χ4v) is 7.29. The van der Waals surface area contributed by atoms with Crippen molar-refractivity contribution in [2.45, 2.75) is 82.9 Å². The molecule has 0 spiro atoms. The molecule has 0 radical (unpaired) electrons. The van der Waals surface area contributed by atoms with Gasteiger partial charge < -0.3 is 4.74 Å². The highest BCUT2D eigenvalue weighted by Gasteiger charge is 2.39. The zero-order valence-electron chi connectivity index (χ0n) is 20.4. The molecule has 3 fully saturated rings. The van der Waals surface area contributed by atoms with Crippen LogP contribution in [0, 0.1) is 3.57 Å². The molecule has 2 aliphatic carbocycles. The van der Waals surface area contributed by atoms with Crippen LogP contribution in [0.2, 0.25) is 0 Å². The van der Waals surface area contributed by atoms with Crippen LogP contribution < -0.4 is 4.74 Å². The predicted molar refractivity (Wildman–Crippen MR) is 161 cm³/mol. The van der Waals surface area contributed by atoms with Crippen molar-refractivity contribution in [1.82, 2.24) is 4.90 Å². The average molecular weight is 679 g/mol. The molecule has 0 bridgehead atoms. The second kappa shape index (κ2) is 12.5. The van der Waals surface area contributed by atoms with Gasteiger partial charge in [-0.25, -0.2) is 0 Å². The van der Waals surface area contributed by atoms with Gasteiger partial charge in [-0.3, -0.25) is 14.7 Å². The lowest BCUT2D eigenvalue weighted by Gasteiger charge is -2.31. The molecule has 0 N–H and O–H groups in total. The van der Waals surface area contributed by atoms with Crippen molar-refractivity contribution in [3.63, 3.8) is 0 Å². The van der Waals surface area contributed by atoms with Crippen LogP contribution in [0.25, 0.3) is 6.08 Å². The highest BCUT2D eigenvalue weighted by molar-refractivity contribution is 14.1. The fourth-order valence-electron chi connectivity index (χ4n) is 5.22. The van der Waals surface area contributed by atoms with Crippen molar-refractivity contribution in [1.29, 1.82) is 0 Å². The molecule has 0 unspecified atom stereocenters. The number of ether oxygens (including phenoxy) is 1. The van der Waals surface area contributed by atoms with E-state index in [2.05, 4.69) is 56.7 Å². The van der Waals surface area contributed by atoms with Gasteiger partial charge in [0.05, 0.1) is 14.5 Å². The van der Waals surface area contributed by atoms with E-state index in [1.54, 1.807) is 11.8 Å². The number of amides is 1.